The number of carbonyl (C=O) groups excluding carboxylic acids is 1. The molecule has 0 bridgehead atoms. The number of ketones is 1. The zero-order valence-electron chi connectivity index (χ0n) is 13.7. The van der Waals surface area contributed by atoms with Crippen LogP contribution >= 0.6 is 0 Å². The highest BCUT2D eigenvalue weighted by atomic mass is 16.1. The molecule has 0 aliphatic heterocycles. The van der Waals surface area contributed by atoms with Crippen molar-refractivity contribution in [2.24, 2.45) is 22.7 Å². The Balaban J connectivity index is 2.12. The molecular formula is C19H30O. The van der Waals surface area contributed by atoms with Crippen molar-refractivity contribution in [3.05, 3.63) is 24.3 Å². The van der Waals surface area contributed by atoms with E-state index in [1.807, 2.05) is 0 Å². The van der Waals surface area contributed by atoms with E-state index in [1.54, 1.807) is 0 Å². The van der Waals surface area contributed by atoms with Gasteiger partial charge in [-0.05, 0) is 60.3 Å². The van der Waals surface area contributed by atoms with Crippen LogP contribution in [0.4, 0.5) is 0 Å². The zero-order chi connectivity index (χ0) is 15.0. The highest BCUT2D eigenvalue weighted by Gasteiger charge is 2.47. The maximum atomic E-state index is 12.1. The molecule has 0 unspecified atom stereocenters. The van der Waals surface area contributed by atoms with Crippen LogP contribution in [0.3, 0.4) is 0 Å². The van der Waals surface area contributed by atoms with Crippen LogP contribution in [0.1, 0.15) is 66.2 Å². The molecule has 1 saturated carbocycles. The topological polar surface area (TPSA) is 17.1 Å². The molecule has 0 spiro atoms. The van der Waals surface area contributed by atoms with Gasteiger partial charge in [0.25, 0.3) is 0 Å². The van der Waals surface area contributed by atoms with E-state index in [9.17, 15) is 4.79 Å². The fourth-order valence-corrected chi connectivity index (χ4v) is 4.23. The molecule has 3 atom stereocenters. The van der Waals surface area contributed by atoms with Crippen LogP contribution in [0.2, 0.25) is 0 Å². The Morgan fingerprint density at radius 1 is 1.35 bits per heavy atom. The summed E-state index contributed by atoms with van der Waals surface area (Å²) in [6.07, 6.45) is 11.5. The van der Waals surface area contributed by atoms with Gasteiger partial charge < -0.3 is 0 Å². The molecule has 0 aromatic rings. The molecule has 20 heavy (non-hydrogen) atoms. The van der Waals surface area contributed by atoms with Crippen molar-refractivity contribution in [2.45, 2.75) is 66.2 Å². The highest BCUT2D eigenvalue weighted by Crippen LogP contribution is 2.52. The first kappa shape index (κ1) is 15.5. The second-order valence-corrected chi connectivity index (χ2v) is 7.82. The van der Waals surface area contributed by atoms with Crippen molar-refractivity contribution < 1.29 is 4.79 Å². The lowest BCUT2D eigenvalue weighted by Gasteiger charge is -2.38. The largest absolute Gasteiger partial charge is 0.295 e. The third kappa shape index (κ3) is 2.77. The third-order valence-corrected chi connectivity index (χ3v) is 5.91. The molecule has 2 aliphatic carbocycles. The van der Waals surface area contributed by atoms with Gasteiger partial charge in [-0.15, -0.1) is 0 Å². The van der Waals surface area contributed by atoms with Crippen LogP contribution in [0, 0.1) is 22.7 Å². The quantitative estimate of drug-likeness (QED) is 0.501. The second kappa shape index (κ2) is 5.50. The Morgan fingerprint density at radius 3 is 2.60 bits per heavy atom. The summed E-state index contributed by atoms with van der Waals surface area (Å²) < 4.78 is 0. The number of allylic oxidation sites excluding steroid dienone is 3. The number of hydrogen-bond acceptors (Lipinski definition) is 1. The summed E-state index contributed by atoms with van der Waals surface area (Å²) in [5, 5.41) is 0. The van der Waals surface area contributed by atoms with Gasteiger partial charge in [-0.25, -0.2) is 0 Å². The molecule has 1 heteroatoms. The first-order valence-electron chi connectivity index (χ1n) is 8.19. The van der Waals surface area contributed by atoms with E-state index in [0.717, 1.165) is 12.0 Å². The van der Waals surface area contributed by atoms with Gasteiger partial charge in [0.15, 0.2) is 5.78 Å². The molecule has 0 amide bonds. The van der Waals surface area contributed by atoms with Gasteiger partial charge >= 0.3 is 0 Å². The fraction of sp³-hybridized carbons (Fsp3) is 0.737. The summed E-state index contributed by atoms with van der Waals surface area (Å²) in [5.74, 6) is 1.33. The van der Waals surface area contributed by atoms with Gasteiger partial charge in [0.05, 0.1) is 0 Å². The van der Waals surface area contributed by atoms with Gasteiger partial charge in [-0.3, -0.25) is 4.79 Å². The molecule has 0 aromatic carbocycles. The number of rotatable bonds is 4. The normalized spacial score (nSPS) is 38.0. The molecule has 0 aromatic heterocycles. The first-order chi connectivity index (χ1) is 9.28. The predicted octanol–water partition coefficient (Wildman–Crippen LogP) is 5.32. The van der Waals surface area contributed by atoms with E-state index in [4.69, 9.17) is 0 Å². The van der Waals surface area contributed by atoms with Crippen LogP contribution in [0.15, 0.2) is 24.3 Å². The van der Waals surface area contributed by atoms with Gasteiger partial charge in [0.2, 0.25) is 0 Å². The lowest BCUT2D eigenvalue weighted by molar-refractivity contribution is -0.115. The average molecular weight is 274 g/mol. The summed E-state index contributed by atoms with van der Waals surface area (Å²) in [5.41, 5.74) is 1.23. The Morgan fingerprint density at radius 2 is 2.05 bits per heavy atom. The predicted molar refractivity (Wildman–Crippen MR) is 85.5 cm³/mol. The third-order valence-electron chi connectivity index (χ3n) is 5.91. The molecule has 1 nitrogen and oxygen atoms in total. The summed E-state index contributed by atoms with van der Waals surface area (Å²) in [4.78, 5) is 12.1. The monoisotopic (exact) mass is 274 g/mol. The zero-order valence-corrected chi connectivity index (χ0v) is 13.7. The summed E-state index contributed by atoms with van der Waals surface area (Å²) >= 11 is 0. The fourth-order valence-electron chi connectivity index (χ4n) is 4.23. The standard InChI is InChI=1S/C19H30O/c1-14(2)16-13-17(20)15(3)19(16,5)12-11-18(4)9-7-6-8-10-18/h7,9,14,16H,3,6,8,10-13H2,1-2,4-5H3/t16-,18+,19+/m1/s1. The minimum absolute atomic E-state index is 0.0134. The van der Waals surface area contributed by atoms with Crippen molar-refractivity contribution >= 4 is 5.78 Å². The number of carbonyl (C=O) groups is 1. The molecule has 0 heterocycles. The van der Waals surface area contributed by atoms with Gasteiger partial charge in [-0.2, -0.15) is 0 Å². The van der Waals surface area contributed by atoms with Gasteiger partial charge in [-0.1, -0.05) is 46.4 Å². The highest BCUT2D eigenvalue weighted by molar-refractivity contribution is 5.98. The summed E-state index contributed by atoms with van der Waals surface area (Å²) in [7, 11) is 0. The molecule has 0 N–H and O–H groups in total. The van der Waals surface area contributed by atoms with E-state index in [0.29, 0.717) is 29.5 Å². The Hall–Kier alpha value is -0.850. The van der Waals surface area contributed by atoms with Crippen LogP contribution in [0.5, 0.6) is 0 Å². The number of hydrogen-bond donors (Lipinski definition) is 0. The van der Waals surface area contributed by atoms with Crippen molar-refractivity contribution in [1.82, 2.24) is 0 Å². The van der Waals surface area contributed by atoms with E-state index < -0.39 is 0 Å². The lowest BCUT2D eigenvalue weighted by atomic mass is 9.66. The minimum atomic E-state index is 0.0134. The van der Waals surface area contributed by atoms with E-state index in [1.165, 1.54) is 25.7 Å². The molecule has 1 fully saturated rings. The minimum Gasteiger partial charge on any atom is -0.295 e. The second-order valence-electron chi connectivity index (χ2n) is 7.82. The Kier molecular flexibility index (Phi) is 4.27. The van der Waals surface area contributed by atoms with Gasteiger partial charge in [0, 0.05) is 6.42 Å². The van der Waals surface area contributed by atoms with Crippen LogP contribution < -0.4 is 0 Å². The summed E-state index contributed by atoms with van der Waals surface area (Å²) in [6, 6.07) is 0. The van der Waals surface area contributed by atoms with Crippen LogP contribution in [0.25, 0.3) is 0 Å². The first-order valence-corrected chi connectivity index (χ1v) is 8.19. The number of Topliss-reactive ketones (excluding diaryl/α,β-unsaturated/α-hetero) is 1. The molecule has 0 radical (unpaired) electrons. The SMILES string of the molecule is C=C1C(=O)C[C@H](C(C)C)[C@@]1(C)CC[C@@]1(C)C=CCCC1. The van der Waals surface area contributed by atoms with Crippen molar-refractivity contribution in [1.29, 1.82) is 0 Å². The molecule has 2 rings (SSSR count). The van der Waals surface area contributed by atoms with Crippen molar-refractivity contribution in [2.75, 3.05) is 0 Å². The van der Waals surface area contributed by atoms with Crippen molar-refractivity contribution in [3.8, 4) is 0 Å². The molecule has 112 valence electrons. The van der Waals surface area contributed by atoms with Crippen LogP contribution in [-0.2, 0) is 4.79 Å². The molecular weight excluding hydrogens is 244 g/mol. The maximum absolute atomic E-state index is 12.1. The maximum Gasteiger partial charge on any atom is 0.159 e. The summed E-state index contributed by atoms with van der Waals surface area (Å²) in [6.45, 7) is 13.3. The van der Waals surface area contributed by atoms with Crippen LogP contribution in [-0.4, -0.2) is 5.78 Å². The van der Waals surface area contributed by atoms with E-state index in [2.05, 4.69) is 46.4 Å². The average Bonchev–Trinajstić information content (AvgIpc) is 2.63. The van der Waals surface area contributed by atoms with Crippen molar-refractivity contribution in [3.63, 3.8) is 0 Å². The lowest BCUT2D eigenvalue weighted by Crippen LogP contribution is -2.29. The van der Waals surface area contributed by atoms with Gasteiger partial charge in [0.1, 0.15) is 0 Å². The molecule has 0 saturated heterocycles. The van der Waals surface area contributed by atoms with E-state index >= 15 is 0 Å². The van der Waals surface area contributed by atoms with E-state index in [-0.39, 0.29) is 5.41 Å². The smallest absolute Gasteiger partial charge is 0.159 e. The Bertz CT molecular complexity index is 431. The molecule has 2 aliphatic rings. The Labute approximate surface area is 124 Å².